The number of sulfonamides is 1. The molecule has 176 valence electrons. The van der Waals surface area contributed by atoms with Gasteiger partial charge in [-0.2, -0.15) is 4.31 Å². The van der Waals surface area contributed by atoms with E-state index in [0.717, 1.165) is 10.5 Å². The molecule has 12 heteroatoms. The zero-order valence-electron chi connectivity index (χ0n) is 18.0. The number of nitro groups is 1. The summed E-state index contributed by atoms with van der Waals surface area (Å²) in [6.45, 7) is 3.50. The highest BCUT2D eigenvalue weighted by Gasteiger charge is 2.37. The van der Waals surface area contributed by atoms with Crippen molar-refractivity contribution in [3.05, 3.63) is 58.1 Å². The van der Waals surface area contributed by atoms with Gasteiger partial charge in [0.2, 0.25) is 16.8 Å². The molecule has 1 atom stereocenters. The maximum absolute atomic E-state index is 13.0. The molecule has 33 heavy (non-hydrogen) atoms. The van der Waals surface area contributed by atoms with Crippen LogP contribution in [0.4, 0.5) is 5.69 Å². The fourth-order valence-corrected chi connectivity index (χ4v) is 5.59. The van der Waals surface area contributed by atoms with E-state index in [1.165, 1.54) is 28.6 Å². The largest absolute Gasteiger partial charge is 0.454 e. The molecule has 0 spiro atoms. The zero-order valence-corrected chi connectivity index (χ0v) is 18.8. The first-order valence-electron chi connectivity index (χ1n) is 10.5. The van der Waals surface area contributed by atoms with Crippen molar-refractivity contribution in [1.29, 1.82) is 0 Å². The number of amides is 1. The highest BCUT2D eigenvalue weighted by molar-refractivity contribution is 7.89. The standard InChI is InChI=1S/C21H24N4O7S/c1-15(21(26)22-13-16-6-7-18-19(12-16)32-14-31-18)23-8-10-24(11-9-23)33(29,30)20-5-3-2-4-17(20)25(27)28/h2-7,12,15H,8-11,13-14H2,1H3,(H,22,26)/p+1/t15-/m0/s1. The second-order valence-corrected chi connectivity index (χ2v) is 9.82. The molecule has 11 nitrogen and oxygen atoms in total. The molecule has 1 amide bonds. The van der Waals surface area contributed by atoms with Gasteiger partial charge in [-0.15, -0.1) is 0 Å². The van der Waals surface area contributed by atoms with Crippen molar-refractivity contribution in [2.24, 2.45) is 0 Å². The molecule has 2 aromatic rings. The normalized spacial score (nSPS) is 17.5. The molecule has 1 fully saturated rings. The van der Waals surface area contributed by atoms with E-state index < -0.39 is 20.6 Å². The fourth-order valence-electron chi connectivity index (χ4n) is 3.99. The minimum Gasteiger partial charge on any atom is -0.454 e. The van der Waals surface area contributed by atoms with Gasteiger partial charge in [-0.05, 0) is 30.7 Å². The molecule has 2 aliphatic rings. The highest BCUT2D eigenvalue weighted by Crippen LogP contribution is 2.32. The number of fused-ring (bicyclic) bond motifs is 1. The summed E-state index contributed by atoms with van der Waals surface area (Å²) in [7, 11) is -4.00. The predicted molar refractivity (Wildman–Crippen MR) is 116 cm³/mol. The summed E-state index contributed by atoms with van der Waals surface area (Å²) >= 11 is 0. The quantitative estimate of drug-likeness (QED) is 0.421. The summed E-state index contributed by atoms with van der Waals surface area (Å²) in [4.78, 5) is 23.9. The first kappa shape index (κ1) is 23.0. The van der Waals surface area contributed by atoms with Crippen LogP contribution in [0.3, 0.4) is 0 Å². The number of carbonyl (C=O) groups excluding carboxylic acids is 1. The SMILES string of the molecule is C[C@@H](C(=O)NCc1ccc2c(c1)OCO2)[NH+]1CCN(S(=O)(=O)c2ccccc2[N+](=O)[O-])CC1. The molecule has 0 radical (unpaired) electrons. The number of ether oxygens (including phenoxy) is 2. The molecule has 1 saturated heterocycles. The van der Waals surface area contributed by atoms with E-state index in [1.807, 2.05) is 12.1 Å². The van der Waals surface area contributed by atoms with Gasteiger partial charge in [0.1, 0.15) is 0 Å². The van der Waals surface area contributed by atoms with Crippen LogP contribution in [0.2, 0.25) is 0 Å². The van der Waals surface area contributed by atoms with E-state index in [1.54, 1.807) is 13.0 Å². The number of nitrogens with zero attached hydrogens (tertiary/aromatic N) is 2. The summed E-state index contributed by atoms with van der Waals surface area (Å²) in [6.07, 6.45) is 0. The van der Waals surface area contributed by atoms with Gasteiger partial charge in [0, 0.05) is 12.6 Å². The lowest BCUT2D eigenvalue weighted by Crippen LogP contribution is -3.19. The lowest BCUT2D eigenvalue weighted by molar-refractivity contribution is -0.917. The van der Waals surface area contributed by atoms with Crippen molar-refractivity contribution < 1.29 is 32.5 Å². The first-order valence-corrected chi connectivity index (χ1v) is 12.0. The van der Waals surface area contributed by atoms with Crippen LogP contribution in [-0.4, -0.2) is 62.6 Å². The molecule has 0 aliphatic carbocycles. The van der Waals surface area contributed by atoms with Crippen LogP contribution in [-0.2, 0) is 21.4 Å². The first-order chi connectivity index (χ1) is 15.8. The van der Waals surface area contributed by atoms with E-state index in [0.29, 0.717) is 31.1 Å². The van der Waals surface area contributed by atoms with Crippen LogP contribution in [0, 0.1) is 10.1 Å². The summed E-state index contributed by atoms with van der Waals surface area (Å²) < 4.78 is 37.8. The van der Waals surface area contributed by atoms with E-state index >= 15 is 0 Å². The Bertz CT molecular complexity index is 1160. The van der Waals surface area contributed by atoms with Crippen LogP contribution >= 0.6 is 0 Å². The number of carbonyl (C=O) groups is 1. The Morgan fingerprint density at radius 1 is 1.18 bits per heavy atom. The molecular weight excluding hydrogens is 452 g/mol. The maximum Gasteiger partial charge on any atom is 0.289 e. The smallest absolute Gasteiger partial charge is 0.289 e. The molecule has 2 aliphatic heterocycles. The van der Waals surface area contributed by atoms with Crippen molar-refractivity contribution in [3.8, 4) is 11.5 Å². The Morgan fingerprint density at radius 3 is 2.61 bits per heavy atom. The monoisotopic (exact) mass is 477 g/mol. The van der Waals surface area contributed by atoms with Gasteiger partial charge in [0.25, 0.3) is 11.6 Å². The maximum atomic E-state index is 13.0. The number of quaternary nitrogens is 1. The minimum atomic E-state index is -4.00. The average Bonchev–Trinajstić information content (AvgIpc) is 3.30. The minimum absolute atomic E-state index is 0.141. The van der Waals surface area contributed by atoms with Crippen molar-refractivity contribution in [1.82, 2.24) is 9.62 Å². The van der Waals surface area contributed by atoms with Crippen LogP contribution in [0.1, 0.15) is 12.5 Å². The van der Waals surface area contributed by atoms with Gasteiger partial charge in [-0.25, -0.2) is 8.42 Å². The summed E-state index contributed by atoms with van der Waals surface area (Å²) in [6, 6.07) is 10.4. The number of benzene rings is 2. The number of hydrogen-bond acceptors (Lipinski definition) is 7. The number of nitrogens with one attached hydrogen (secondary N) is 2. The van der Waals surface area contributed by atoms with Crippen LogP contribution in [0.5, 0.6) is 11.5 Å². The third kappa shape index (κ3) is 4.77. The van der Waals surface area contributed by atoms with Crippen molar-refractivity contribution >= 4 is 21.6 Å². The van der Waals surface area contributed by atoms with Crippen LogP contribution in [0.15, 0.2) is 47.4 Å². The van der Waals surface area contributed by atoms with E-state index in [2.05, 4.69) is 5.32 Å². The Morgan fingerprint density at radius 2 is 1.88 bits per heavy atom. The highest BCUT2D eigenvalue weighted by atomic mass is 32.2. The topological polar surface area (TPSA) is 133 Å². The number of para-hydroxylation sites is 1. The lowest BCUT2D eigenvalue weighted by Gasteiger charge is -2.34. The third-order valence-corrected chi connectivity index (χ3v) is 7.90. The van der Waals surface area contributed by atoms with Crippen LogP contribution < -0.4 is 19.7 Å². The Labute approximate surface area is 191 Å². The second-order valence-electron chi connectivity index (χ2n) is 7.91. The summed E-state index contributed by atoms with van der Waals surface area (Å²) in [5, 5.41) is 14.2. The van der Waals surface area contributed by atoms with Crippen molar-refractivity contribution in [2.45, 2.75) is 24.4 Å². The van der Waals surface area contributed by atoms with Gasteiger partial charge >= 0.3 is 0 Å². The predicted octanol–water partition coefficient (Wildman–Crippen LogP) is -0.0824. The van der Waals surface area contributed by atoms with Crippen molar-refractivity contribution in [2.75, 3.05) is 33.0 Å². The second kappa shape index (κ2) is 9.33. The molecule has 2 N–H and O–H groups in total. The fraction of sp³-hybridized carbons (Fsp3) is 0.381. The Balaban J connectivity index is 1.33. The number of nitro benzene ring substituents is 1. The third-order valence-electron chi connectivity index (χ3n) is 5.95. The summed E-state index contributed by atoms with van der Waals surface area (Å²) in [5.74, 6) is 1.19. The van der Waals surface area contributed by atoms with E-state index in [9.17, 15) is 23.3 Å². The Kier molecular flexibility index (Phi) is 6.49. The number of rotatable bonds is 7. The molecule has 0 unspecified atom stereocenters. The van der Waals surface area contributed by atoms with Crippen LogP contribution in [0.25, 0.3) is 0 Å². The van der Waals surface area contributed by atoms with Gasteiger partial charge in [-0.3, -0.25) is 14.9 Å². The van der Waals surface area contributed by atoms with E-state index in [4.69, 9.17) is 9.47 Å². The molecule has 0 bridgehead atoms. The molecule has 2 aromatic carbocycles. The van der Waals surface area contributed by atoms with Crippen molar-refractivity contribution in [3.63, 3.8) is 0 Å². The van der Waals surface area contributed by atoms with Gasteiger partial charge in [0.05, 0.1) is 31.1 Å². The lowest BCUT2D eigenvalue weighted by atomic mass is 10.2. The number of hydrogen-bond donors (Lipinski definition) is 2. The molecule has 0 saturated carbocycles. The average molecular weight is 478 g/mol. The molecule has 0 aromatic heterocycles. The number of piperazine rings is 1. The zero-order chi connectivity index (χ0) is 23.6. The Hall–Kier alpha value is -3.22. The van der Waals surface area contributed by atoms with Gasteiger partial charge in [-0.1, -0.05) is 18.2 Å². The van der Waals surface area contributed by atoms with E-state index in [-0.39, 0.29) is 36.7 Å². The molecule has 4 rings (SSSR count). The molecular formula is C21H25N4O7S+. The van der Waals surface area contributed by atoms with Gasteiger partial charge < -0.3 is 19.7 Å². The molecule has 2 heterocycles. The van der Waals surface area contributed by atoms with Gasteiger partial charge in [0.15, 0.2) is 22.4 Å². The summed E-state index contributed by atoms with van der Waals surface area (Å²) in [5.41, 5.74) is 0.443.